The molecule has 0 radical (unpaired) electrons. The number of para-hydroxylation sites is 1. The molecule has 0 aliphatic rings. The summed E-state index contributed by atoms with van der Waals surface area (Å²) in [6, 6.07) is 24.9. The highest BCUT2D eigenvalue weighted by molar-refractivity contribution is 7.80. The van der Waals surface area contributed by atoms with Gasteiger partial charge in [0.25, 0.3) is 0 Å². The van der Waals surface area contributed by atoms with Gasteiger partial charge in [-0.1, -0.05) is 66.8 Å². The van der Waals surface area contributed by atoms with Crippen LogP contribution in [0.2, 0.25) is 0 Å². The molecule has 0 aliphatic heterocycles. The Morgan fingerprint density at radius 2 is 1.45 bits per heavy atom. The molecule has 0 atom stereocenters. The molecule has 0 bridgehead atoms. The predicted molar refractivity (Wildman–Crippen MR) is 90.8 cm³/mol. The van der Waals surface area contributed by atoms with Gasteiger partial charge < -0.3 is 4.90 Å². The summed E-state index contributed by atoms with van der Waals surface area (Å²) in [5.41, 5.74) is 2.22. The van der Waals surface area contributed by atoms with Crippen LogP contribution in [0.1, 0.15) is 6.92 Å². The van der Waals surface area contributed by atoms with Crippen molar-refractivity contribution in [1.82, 2.24) is 0 Å². The van der Waals surface area contributed by atoms with Crippen molar-refractivity contribution in [3.8, 4) is 0 Å². The standard InChI is InChI=1S/C18H15NS/c1-14(20)19(16-10-3-2-4-11-16)18-13-7-9-15-8-5-6-12-17(15)18/h2-13H,1H3. The van der Waals surface area contributed by atoms with E-state index in [1.165, 1.54) is 10.8 Å². The summed E-state index contributed by atoms with van der Waals surface area (Å²) in [5.74, 6) is 0. The number of nitrogens with zero attached hydrogens (tertiary/aromatic N) is 1. The molecule has 0 saturated carbocycles. The van der Waals surface area contributed by atoms with Gasteiger partial charge in [-0.25, -0.2) is 0 Å². The summed E-state index contributed by atoms with van der Waals surface area (Å²) >= 11 is 5.47. The second kappa shape index (κ2) is 5.43. The number of rotatable bonds is 2. The molecule has 98 valence electrons. The van der Waals surface area contributed by atoms with Gasteiger partial charge in [-0.15, -0.1) is 0 Å². The SMILES string of the molecule is CC(=S)N(c1ccccc1)c1cccc2ccccc12. The second-order valence-corrected chi connectivity index (χ2v) is 5.28. The number of fused-ring (bicyclic) bond motifs is 1. The molecule has 0 spiro atoms. The van der Waals surface area contributed by atoms with E-state index in [2.05, 4.69) is 59.5 Å². The fourth-order valence-electron chi connectivity index (χ4n) is 2.47. The van der Waals surface area contributed by atoms with Gasteiger partial charge >= 0.3 is 0 Å². The van der Waals surface area contributed by atoms with E-state index >= 15 is 0 Å². The van der Waals surface area contributed by atoms with E-state index in [0.717, 1.165) is 16.4 Å². The highest BCUT2D eigenvalue weighted by Crippen LogP contribution is 2.32. The van der Waals surface area contributed by atoms with Crippen LogP contribution >= 0.6 is 12.2 Å². The lowest BCUT2D eigenvalue weighted by molar-refractivity contribution is 1.37. The molecule has 0 N–H and O–H groups in total. The molecular formula is C18H15NS. The molecule has 0 aliphatic carbocycles. The topological polar surface area (TPSA) is 3.24 Å². The number of hydrogen-bond donors (Lipinski definition) is 0. The van der Waals surface area contributed by atoms with Gasteiger partial charge in [-0.3, -0.25) is 0 Å². The van der Waals surface area contributed by atoms with Crippen molar-refractivity contribution in [3.63, 3.8) is 0 Å². The zero-order chi connectivity index (χ0) is 13.9. The van der Waals surface area contributed by atoms with Crippen LogP contribution < -0.4 is 4.90 Å². The Labute approximate surface area is 124 Å². The van der Waals surface area contributed by atoms with Crippen molar-refractivity contribution < 1.29 is 0 Å². The van der Waals surface area contributed by atoms with Crippen LogP contribution in [0, 0.1) is 0 Å². The first-order chi connectivity index (χ1) is 9.77. The van der Waals surface area contributed by atoms with E-state index in [9.17, 15) is 0 Å². The average molecular weight is 277 g/mol. The summed E-state index contributed by atoms with van der Waals surface area (Å²) in [5, 5.41) is 2.44. The first kappa shape index (κ1) is 12.8. The van der Waals surface area contributed by atoms with E-state index in [-0.39, 0.29) is 0 Å². The Morgan fingerprint density at radius 3 is 2.20 bits per heavy atom. The van der Waals surface area contributed by atoms with Crippen molar-refractivity contribution in [2.45, 2.75) is 6.92 Å². The van der Waals surface area contributed by atoms with Crippen molar-refractivity contribution in [1.29, 1.82) is 0 Å². The Morgan fingerprint density at radius 1 is 0.800 bits per heavy atom. The molecule has 0 unspecified atom stereocenters. The second-order valence-electron chi connectivity index (χ2n) is 4.69. The third kappa shape index (κ3) is 2.30. The minimum atomic E-state index is 0.840. The molecule has 3 aromatic rings. The quantitative estimate of drug-likeness (QED) is 0.583. The van der Waals surface area contributed by atoms with Crippen LogP contribution in [-0.4, -0.2) is 4.99 Å². The third-order valence-corrected chi connectivity index (χ3v) is 3.52. The molecule has 1 nitrogen and oxygen atoms in total. The van der Waals surface area contributed by atoms with Gasteiger partial charge in [0.15, 0.2) is 0 Å². The van der Waals surface area contributed by atoms with E-state index < -0.39 is 0 Å². The number of hydrogen-bond acceptors (Lipinski definition) is 1. The highest BCUT2D eigenvalue weighted by atomic mass is 32.1. The molecule has 0 heterocycles. The maximum Gasteiger partial charge on any atom is 0.0838 e. The first-order valence-corrected chi connectivity index (χ1v) is 7.02. The summed E-state index contributed by atoms with van der Waals surface area (Å²) in [7, 11) is 0. The lowest BCUT2D eigenvalue weighted by Crippen LogP contribution is -2.21. The maximum atomic E-state index is 5.47. The molecule has 3 aromatic carbocycles. The minimum Gasteiger partial charge on any atom is -0.304 e. The predicted octanol–water partition coefficient (Wildman–Crippen LogP) is 5.33. The van der Waals surface area contributed by atoms with Gasteiger partial charge in [0.1, 0.15) is 0 Å². The Kier molecular flexibility index (Phi) is 3.48. The van der Waals surface area contributed by atoms with Crippen LogP contribution in [0.3, 0.4) is 0 Å². The summed E-state index contributed by atoms with van der Waals surface area (Å²) in [6.07, 6.45) is 0. The van der Waals surface area contributed by atoms with Crippen molar-refractivity contribution in [2.75, 3.05) is 4.90 Å². The van der Waals surface area contributed by atoms with Crippen molar-refractivity contribution in [3.05, 3.63) is 72.8 Å². The Hall–Kier alpha value is -2.19. The molecule has 0 fully saturated rings. The molecular weight excluding hydrogens is 262 g/mol. The van der Waals surface area contributed by atoms with Gasteiger partial charge in [-0.2, -0.15) is 0 Å². The third-order valence-electron chi connectivity index (χ3n) is 3.34. The van der Waals surface area contributed by atoms with E-state index in [1.807, 2.05) is 25.1 Å². The van der Waals surface area contributed by atoms with Crippen LogP contribution in [-0.2, 0) is 0 Å². The van der Waals surface area contributed by atoms with Crippen LogP contribution in [0.15, 0.2) is 72.8 Å². The molecule has 0 aromatic heterocycles. The Balaban J connectivity index is 2.23. The van der Waals surface area contributed by atoms with E-state index in [4.69, 9.17) is 12.2 Å². The summed E-state index contributed by atoms with van der Waals surface area (Å²) in [4.78, 5) is 2.96. The maximum absolute atomic E-state index is 5.47. The van der Waals surface area contributed by atoms with Crippen LogP contribution in [0.5, 0.6) is 0 Å². The van der Waals surface area contributed by atoms with E-state index in [0.29, 0.717) is 0 Å². The molecule has 0 saturated heterocycles. The highest BCUT2D eigenvalue weighted by Gasteiger charge is 2.13. The molecule has 2 heteroatoms. The number of anilines is 2. The van der Waals surface area contributed by atoms with Crippen molar-refractivity contribution in [2.24, 2.45) is 0 Å². The number of benzene rings is 3. The average Bonchev–Trinajstić information content (AvgIpc) is 2.48. The van der Waals surface area contributed by atoms with Crippen LogP contribution in [0.4, 0.5) is 11.4 Å². The fourth-order valence-corrected chi connectivity index (χ4v) is 2.67. The molecule has 20 heavy (non-hydrogen) atoms. The smallest absolute Gasteiger partial charge is 0.0838 e. The van der Waals surface area contributed by atoms with Gasteiger partial charge in [-0.05, 0) is 30.5 Å². The molecule has 0 amide bonds. The van der Waals surface area contributed by atoms with Crippen LogP contribution in [0.25, 0.3) is 10.8 Å². The summed E-state index contributed by atoms with van der Waals surface area (Å²) in [6.45, 7) is 1.96. The first-order valence-electron chi connectivity index (χ1n) is 6.61. The zero-order valence-electron chi connectivity index (χ0n) is 11.3. The van der Waals surface area contributed by atoms with Crippen molar-refractivity contribution >= 4 is 39.4 Å². The Bertz CT molecular complexity index is 744. The lowest BCUT2D eigenvalue weighted by atomic mass is 10.1. The van der Waals surface area contributed by atoms with Gasteiger partial charge in [0.05, 0.1) is 10.7 Å². The summed E-state index contributed by atoms with van der Waals surface area (Å²) < 4.78 is 0. The largest absolute Gasteiger partial charge is 0.304 e. The fraction of sp³-hybridized carbons (Fsp3) is 0.0556. The van der Waals surface area contributed by atoms with Gasteiger partial charge in [0, 0.05) is 11.1 Å². The lowest BCUT2D eigenvalue weighted by Gasteiger charge is -2.25. The minimum absolute atomic E-state index is 0.840. The van der Waals surface area contributed by atoms with E-state index in [1.54, 1.807) is 0 Å². The monoisotopic (exact) mass is 277 g/mol. The van der Waals surface area contributed by atoms with Gasteiger partial charge in [0.2, 0.25) is 0 Å². The molecule has 3 rings (SSSR count). The normalized spacial score (nSPS) is 10.4. The number of thiocarbonyl (C=S) groups is 1. The zero-order valence-corrected chi connectivity index (χ0v) is 12.1.